The fraction of sp³-hybridized carbons (Fsp3) is 0.562. The van der Waals surface area contributed by atoms with Crippen molar-refractivity contribution >= 4 is 17.6 Å². The number of halogens is 1. The van der Waals surface area contributed by atoms with Gasteiger partial charge in [0.2, 0.25) is 0 Å². The average molecular weight is 298 g/mol. The summed E-state index contributed by atoms with van der Waals surface area (Å²) in [5, 5.41) is 4.17. The first-order valence-electron chi connectivity index (χ1n) is 7.29. The van der Waals surface area contributed by atoms with Crippen LogP contribution in [0.15, 0.2) is 24.3 Å². The van der Waals surface area contributed by atoms with Crippen LogP contribution in [0.4, 0.5) is 0 Å². The third-order valence-electron chi connectivity index (χ3n) is 3.08. The lowest BCUT2D eigenvalue weighted by Gasteiger charge is -2.18. The third kappa shape index (κ3) is 6.92. The van der Waals surface area contributed by atoms with Crippen LogP contribution in [0.5, 0.6) is 0 Å². The van der Waals surface area contributed by atoms with Gasteiger partial charge in [0.25, 0.3) is 0 Å². The van der Waals surface area contributed by atoms with E-state index >= 15 is 0 Å². The molecule has 0 bridgehead atoms. The second-order valence-electron chi connectivity index (χ2n) is 4.84. The van der Waals surface area contributed by atoms with Gasteiger partial charge in [0.05, 0.1) is 13.0 Å². The smallest absolute Gasteiger partial charge is 0.307 e. The number of benzene rings is 1. The molecule has 4 heteroatoms. The van der Waals surface area contributed by atoms with Gasteiger partial charge in [-0.1, -0.05) is 37.1 Å². The highest BCUT2D eigenvalue weighted by molar-refractivity contribution is 6.30. The van der Waals surface area contributed by atoms with Crippen molar-refractivity contribution in [3.05, 3.63) is 34.9 Å². The zero-order valence-corrected chi connectivity index (χ0v) is 13.1. The molecule has 3 nitrogen and oxygen atoms in total. The second kappa shape index (κ2) is 9.78. The Morgan fingerprint density at radius 1 is 1.30 bits per heavy atom. The summed E-state index contributed by atoms with van der Waals surface area (Å²) >= 11 is 5.89. The van der Waals surface area contributed by atoms with Crippen LogP contribution in [0, 0.1) is 0 Å². The van der Waals surface area contributed by atoms with Crippen molar-refractivity contribution < 1.29 is 9.53 Å². The van der Waals surface area contributed by atoms with Crippen molar-refractivity contribution in [1.29, 1.82) is 0 Å². The van der Waals surface area contributed by atoms with E-state index in [-0.39, 0.29) is 12.0 Å². The molecule has 112 valence electrons. The molecule has 0 radical (unpaired) electrons. The Morgan fingerprint density at radius 2 is 2.00 bits per heavy atom. The highest BCUT2D eigenvalue weighted by Crippen LogP contribution is 2.12. The number of unbranched alkanes of at least 4 members (excludes halogenated alkanes) is 1. The molecule has 1 atom stereocenters. The van der Waals surface area contributed by atoms with Gasteiger partial charge in [-0.3, -0.25) is 4.79 Å². The Bertz CT molecular complexity index is 392. The minimum Gasteiger partial charge on any atom is -0.466 e. The van der Waals surface area contributed by atoms with Gasteiger partial charge < -0.3 is 10.1 Å². The molecule has 1 rings (SSSR count). The number of ether oxygens (including phenoxy) is 1. The maximum atomic E-state index is 11.6. The van der Waals surface area contributed by atoms with Crippen molar-refractivity contribution in [3.8, 4) is 0 Å². The maximum Gasteiger partial charge on any atom is 0.307 e. The zero-order chi connectivity index (χ0) is 14.8. The van der Waals surface area contributed by atoms with Crippen LogP contribution in [0.1, 0.15) is 38.7 Å². The van der Waals surface area contributed by atoms with Gasteiger partial charge >= 0.3 is 5.97 Å². The standard InChI is InChI=1S/C16H24ClNO2/c1-3-5-10-18-15(12-16(19)20-4-2)11-13-6-8-14(17)9-7-13/h6-9,15,18H,3-5,10-12H2,1-2H3. The van der Waals surface area contributed by atoms with Gasteiger partial charge in [-0.2, -0.15) is 0 Å². The molecule has 0 amide bonds. The molecule has 0 aliphatic heterocycles. The summed E-state index contributed by atoms with van der Waals surface area (Å²) in [5.41, 5.74) is 1.17. The number of hydrogen-bond donors (Lipinski definition) is 1. The van der Waals surface area contributed by atoms with Crippen molar-refractivity contribution in [2.45, 2.75) is 45.6 Å². The van der Waals surface area contributed by atoms with Crippen LogP contribution in [-0.2, 0) is 16.0 Å². The van der Waals surface area contributed by atoms with Gasteiger partial charge in [0.15, 0.2) is 0 Å². The van der Waals surface area contributed by atoms with Crippen LogP contribution in [0.25, 0.3) is 0 Å². The Balaban J connectivity index is 2.56. The Labute approximate surface area is 126 Å². The lowest BCUT2D eigenvalue weighted by molar-refractivity contribution is -0.143. The summed E-state index contributed by atoms with van der Waals surface area (Å²) in [4.78, 5) is 11.6. The van der Waals surface area contributed by atoms with Gasteiger partial charge in [0.1, 0.15) is 0 Å². The van der Waals surface area contributed by atoms with Crippen LogP contribution in [-0.4, -0.2) is 25.2 Å². The van der Waals surface area contributed by atoms with E-state index in [9.17, 15) is 4.79 Å². The number of hydrogen-bond acceptors (Lipinski definition) is 3. The minimum absolute atomic E-state index is 0.113. The molecule has 0 saturated carbocycles. The normalized spacial score (nSPS) is 12.2. The van der Waals surface area contributed by atoms with E-state index in [1.54, 1.807) is 0 Å². The number of rotatable bonds is 9. The first kappa shape index (κ1) is 17.0. The lowest BCUT2D eigenvalue weighted by atomic mass is 10.0. The Kier molecular flexibility index (Phi) is 8.31. The van der Waals surface area contributed by atoms with E-state index in [0.29, 0.717) is 13.0 Å². The number of esters is 1. The molecule has 0 fully saturated rings. The van der Waals surface area contributed by atoms with Crippen LogP contribution >= 0.6 is 11.6 Å². The van der Waals surface area contributed by atoms with Crippen molar-refractivity contribution in [3.63, 3.8) is 0 Å². The minimum atomic E-state index is -0.143. The number of carbonyl (C=O) groups is 1. The first-order valence-corrected chi connectivity index (χ1v) is 7.67. The van der Waals surface area contributed by atoms with Gasteiger partial charge in [-0.15, -0.1) is 0 Å². The molecule has 1 N–H and O–H groups in total. The second-order valence-corrected chi connectivity index (χ2v) is 5.28. The van der Waals surface area contributed by atoms with Gasteiger partial charge in [-0.25, -0.2) is 0 Å². The van der Waals surface area contributed by atoms with Crippen molar-refractivity contribution in [2.75, 3.05) is 13.2 Å². The molecular weight excluding hydrogens is 274 g/mol. The summed E-state index contributed by atoms with van der Waals surface area (Å²) in [7, 11) is 0. The summed E-state index contributed by atoms with van der Waals surface area (Å²) in [6, 6.07) is 7.88. The molecule has 0 aliphatic rings. The van der Waals surface area contributed by atoms with Gasteiger partial charge in [0, 0.05) is 11.1 Å². The Morgan fingerprint density at radius 3 is 2.60 bits per heavy atom. The molecule has 1 aromatic carbocycles. The van der Waals surface area contributed by atoms with Crippen LogP contribution in [0.3, 0.4) is 0 Å². The van der Waals surface area contributed by atoms with Crippen LogP contribution < -0.4 is 5.32 Å². The zero-order valence-electron chi connectivity index (χ0n) is 12.3. The van der Waals surface area contributed by atoms with Crippen molar-refractivity contribution in [2.24, 2.45) is 0 Å². The van der Waals surface area contributed by atoms with E-state index in [1.807, 2.05) is 31.2 Å². The highest BCUT2D eigenvalue weighted by Gasteiger charge is 2.14. The van der Waals surface area contributed by atoms with Crippen LogP contribution in [0.2, 0.25) is 5.02 Å². The number of carbonyl (C=O) groups excluding carboxylic acids is 1. The Hall–Kier alpha value is -1.06. The molecule has 0 spiro atoms. The lowest BCUT2D eigenvalue weighted by Crippen LogP contribution is -2.34. The summed E-state index contributed by atoms with van der Waals surface area (Å²) < 4.78 is 5.04. The third-order valence-corrected chi connectivity index (χ3v) is 3.33. The van der Waals surface area contributed by atoms with E-state index in [0.717, 1.165) is 30.8 Å². The molecule has 20 heavy (non-hydrogen) atoms. The molecule has 1 unspecified atom stereocenters. The largest absolute Gasteiger partial charge is 0.466 e. The first-order chi connectivity index (χ1) is 9.65. The van der Waals surface area contributed by atoms with E-state index in [2.05, 4.69) is 12.2 Å². The fourth-order valence-corrected chi connectivity index (χ4v) is 2.15. The fourth-order valence-electron chi connectivity index (χ4n) is 2.03. The molecule has 0 aromatic heterocycles. The quantitative estimate of drug-likeness (QED) is 0.559. The predicted octanol–water partition coefficient (Wildman–Crippen LogP) is 3.59. The predicted molar refractivity (Wildman–Crippen MR) is 83.1 cm³/mol. The summed E-state index contributed by atoms with van der Waals surface area (Å²) in [5.74, 6) is -0.143. The highest BCUT2D eigenvalue weighted by atomic mass is 35.5. The molecule has 0 heterocycles. The van der Waals surface area contributed by atoms with Crippen molar-refractivity contribution in [1.82, 2.24) is 5.32 Å². The van der Waals surface area contributed by atoms with E-state index in [4.69, 9.17) is 16.3 Å². The molecule has 0 aliphatic carbocycles. The average Bonchev–Trinajstić information content (AvgIpc) is 2.42. The van der Waals surface area contributed by atoms with E-state index in [1.165, 1.54) is 5.56 Å². The maximum absolute atomic E-state index is 11.6. The number of nitrogens with one attached hydrogen (secondary N) is 1. The van der Waals surface area contributed by atoms with Gasteiger partial charge in [-0.05, 0) is 44.0 Å². The SMILES string of the molecule is CCCCNC(CC(=O)OCC)Cc1ccc(Cl)cc1. The molecule has 0 saturated heterocycles. The monoisotopic (exact) mass is 297 g/mol. The summed E-state index contributed by atoms with van der Waals surface area (Å²) in [6.45, 7) is 5.34. The molecular formula is C16H24ClNO2. The summed E-state index contributed by atoms with van der Waals surface area (Å²) in [6.07, 6.45) is 3.46. The van der Waals surface area contributed by atoms with E-state index < -0.39 is 0 Å². The molecule has 1 aromatic rings. The topological polar surface area (TPSA) is 38.3 Å².